The van der Waals surface area contributed by atoms with Crippen LogP contribution in [0.15, 0.2) is 11.6 Å². The van der Waals surface area contributed by atoms with E-state index in [1.807, 2.05) is 0 Å². The van der Waals surface area contributed by atoms with Crippen molar-refractivity contribution in [1.82, 2.24) is 0 Å². The Bertz CT molecular complexity index is 687. The molecule has 0 bridgehead atoms. The van der Waals surface area contributed by atoms with Gasteiger partial charge in [-0.2, -0.15) is 0 Å². The zero-order valence-corrected chi connectivity index (χ0v) is 21.4. The minimum absolute atomic E-state index is 0.124. The van der Waals surface area contributed by atoms with Gasteiger partial charge in [-0.3, -0.25) is 0 Å². The van der Waals surface area contributed by atoms with Crippen LogP contribution in [0.3, 0.4) is 0 Å². The molecule has 0 aromatic heterocycles. The van der Waals surface area contributed by atoms with Gasteiger partial charge in [0.15, 0.2) is 8.32 Å². The second-order valence-corrected chi connectivity index (χ2v) is 18.0. The maximum atomic E-state index is 11.1. The summed E-state index contributed by atoms with van der Waals surface area (Å²) in [6.45, 7) is 19.0. The molecule has 0 unspecified atom stereocenters. The largest absolute Gasteiger partial charge is 0.414 e. The fraction of sp³-hybridized carbons (Fsp3) is 0.923. The lowest BCUT2D eigenvalue weighted by Crippen LogP contribution is -2.54. The number of rotatable bonds is 2. The van der Waals surface area contributed by atoms with Crippen LogP contribution < -0.4 is 0 Å². The molecule has 3 heteroatoms. The number of aliphatic hydroxyl groups is 1. The zero-order chi connectivity index (χ0) is 21.5. The van der Waals surface area contributed by atoms with Crippen molar-refractivity contribution in [3.05, 3.63) is 11.6 Å². The monoisotopic (exact) mass is 418 g/mol. The van der Waals surface area contributed by atoms with Crippen molar-refractivity contribution in [2.24, 2.45) is 28.6 Å². The van der Waals surface area contributed by atoms with Gasteiger partial charge in [0.25, 0.3) is 0 Å². The van der Waals surface area contributed by atoms with Gasteiger partial charge in [0, 0.05) is 6.10 Å². The molecular formula is C26H46O2Si. The van der Waals surface area contributed by atoms with E-state index >= 15 is 0 Å². The Morgan fingerprint density at radius 3 is 2.31 bits per heavy atom. The quantitative estimate of drug-likeness (QED) is 0.383. The molecule has 0 spiro atoms. The Kier molecular flexibility index (Phi) is 5.09. The van der Waals surface area contributed by atoms with E-state index in [1.165, 1.54) is 38.5 Å². The predicted octanol–water partition coefficient (Wildman–Crippen LogP) is 7.09. The standard InChI is InChI=1S/C26H46O2Si/c1-23(2,3)29(7,8)28-19-11-14-24(4)18(17-19)9-10-20-21(24)12-15-25(5)22(20)13-16-26(25,6)27/h9,19-22,27H,10-17H2,1-8H3/t19-,20+,21-,22-,24-,25-,26-/m0/s1. The summed E-state index contributed by atoms with van der Waals surface area (Å²) in [6.07, 6.45) is 12.7. The van der Waals surface area contributed by atoms with Gasteiger partial charge in [-0.1, -0.05) is 46.3 Å². The molecule has 3 saturated carbocycles. The molecule has 4 rings (SSSR count). The van der Waals surface area contributed by atoms with E-state index < -0.39 is 13.9 Å². The van der Waals surface area contributed by atoms with E-state index in [0.717, 1.165) is 24.7 Å². The highest BCUT2D eigenvalue weighted by atomic mass is 28.4. The molecule has 29 heavy (non-hydrogen) atoms. The zero-order valence-electron chi connectivity index (χ0n) is 20.4. The van der Waals surface area contributed by atoms with Crippen molar-refractivity contribution in [1.29, 1.82) is 0 Å². The smallest absolute Gasteiger partial charge is 0.192 e. The SMILES string of the molecule is CC(C)(C)[Si](C)(C)O[C@H]1CC[C@@]2(C)C(=CC[C@@H]3[C@@H]2CC[C@@]2(C)[C@H]3CC[C@]2(C)O)C1. The highest BCUT2D eigenvalue weighted by Crippen LogP contribution is 2.67. The van der Waals surface area contributed by atoms with E-state index in [9.17, 15) is 5.11 Å². The summed E-state index contributed by atoms with van der Waals surface area (Å²) in [6, 6.07) is 0. The summed E-state index contributed by atoms with van der Waals surface area (Å²) in [5.74, 6) is 2.28. The predicted molar refractivity (Wildman–Crippen MR) is 124 cm³/mol. The first-order chi connectivity index (χ1) is 13.2. The lowest BCUT2D eigenvalue weighted by atomic mass is 9.47. The van der Waals surface area contributed by atoms with Crippen molar-refractivity contribution in [2.45, 2.75) is 123 Å². The van der Waals surface area contributed by atoms with Gasteiger partial charge in [-0.25, -0.2) is 0 Å². The average molecular weight is 419 g/mol. The van der Waals surface area contributed by atoms with Crippen LogP contribution in [-0.2, 0) is 4.43 Å². The van der Waals surface area contributed by atoms with Gasteiger partial charge >= 0.3 is 0 Å². The fourth-order valence-electron chi connectivity index (χ4n) is 7.57. The molecule has 0 aliphatic heterocycles. The molecule has 0 aromatic rings. The van der Waals surface area contributed by atoms with Crippen molar-refractivity contribution in [3.63, 3.8) is 0 Å². The third-order valence-corrected chi connectivity index (χ3v) is 15.4. The minimum Gasteiger partial charge on any atom is -0.414 e. The molecule has 2 nitrogen and oxygen atoms in total. The van der Waals surface area contributed by atoms with Crippen LogP contribution in [-0.4, -0.2) is 25.1 Å². The van der Waals surface area contributed by atoms with Crippen LogP contribution in [0, 0.1) is 28.6 Å². The molecule has 0 saturated heterocycles. The summed E-state index contributed by atoms with van der Waals surface area (Å²) < 4.78 is 6.85. The highest BCUT2D eigenvalue weighted by molar-refractivity contribution is 6.74. The number of hydrogen-bond donors (Lipinski definition) is 1. The summed E-state index contributed by atoms with van der Waals surface area (Å²) >= 11 is 0. The van der Waals surface area contributed by atoms with E-state index in [4.69, 9.17) is 4.43 Å². The van der Waals surface area contributed by atoms with E-state index in [0.29, 0.717) is 17.4 Å². The molecule has 1 N–H and O–H groups in total. The van der Waals surface area contributed by atoms with Gasteiger partial charge < -0.3 is 9.53 Å². The molecular weight excluding hydrogens is 372 g/mol. The maximum Gasteiger partial charge on any atom is 0.192 e. The Hall–Kier alpha value is -0.123. The lowest BCUT2D eigenvalue weighted by Gasteiger charge is -2.59. The molecule has 7 atom stereocenters. The first kappa shape index (κ1) is 22.1. The summed E-state index contributed by atoms with van der Waals surface area (Å²) in [5, 5.41) is 11.4. The fourth-order valence-corrected chi connectivity index (χ4v) is 8.95. The molecule has 166 valence electrons. The molecule has 4 aliphatic carbocycles. The first-order valence-electron chi connectivity index (χ1n) is 12.3. The van der Waals surface area contributed by atoms with Crippen LogP contribution in [0.5, 0.6) is 0 Å². The van der Waals surface area contributed by atoms with E-state index in [1.54, 1.807) is 5.57 Å². The Labute approximate surface area is 181 Å². The topological polar surface area (TPSA) is 29.5 Å². The van der Waals surface area contributed by atoms with Crippen LogP contribution in [0.25, 0.3) is 0 Å². The third-order valence-electron chi connectivity index (χ3n) is 10.9. The molecule has 4 aliphatic rings. The molecule has 0 radical (unpaired) electrons. The minimum atomic E-state index is -1.71. The van der Waals surface area contributed by atoms with Gasteiger partial charge in [-0.05, 0) is 105 Å². The first-order valence-corrected chi connectivity index (χ1v) is 15.2. The summed E-state index contributed by atoms with van der Waals surface area (Å²) in [7, 11) is -1.71. The lowest BCUT2D eigenvalue weighted by molar-refractivity contribution is -0.115. The average Bonchev–Trinajstić information content (AvgIpc) is 2.84. The third kappa shape index (κ3) is 3.24. The Morgan fingerprint density at radius 2 is 1.66 bits per heavy atom. The van der Waals surface area contributed by atoms with Gasteiger partial charge in [0.05, 0.1) is 5.60 Å². The summed E-state index contributed by atoms with van der Waals surface area (Å²) in [5.41, 5.74) is 1.73. The Balaban J connectivity index is 1.54. The van der Waals surface area contributed by atoms with E-state index in [-0.39, 0.29) is 10.5 Å². The van der Waals surface area contributed by atoms with E-state index in [2.05, 4.69) is 60.7 Å². The van der Waals surface area contributed by atoms with Gasteiger partial charge in [0.1, 0.15) is 0 Å². The van der Waals surface area contributed by atoms with Gasteiger partial charge in [-0.15, -0.1) is 0 Å². The van der Waals surface area contributed by atoms with Crippen LogP contribution in [0.2, 0.25) is 18.1 Å². The second kappa shape index (κ2) is 6.69. The van der Waals surface area contributed by atoms with Crippen LogP contribution >= 0.6 is 0 Å². The Morgan fingerprint density at radius 1 is 1.00 bits per heavy atom. The van der Waals surface area contributed by atoms with Crippen molar-refractivity contribution >= 4 is 8.32 Å². The van der Waals surface area contributed by atoms with Gasteiger partial charge in [0.2, 0.25) is 0 Å². The van der Waals surface area contributed by atoms with Crippen LogP contribution in [0.4, 0.5) is 0 Å². The van der Waals surface area contributed by atoms with Crippen molar-refractivity contribution in [2.75, 3.05) is 0 Å². The van der Waals surface area contributed by atoms with Crippen molar-refractivity contribution in [3.8, 4) is 0 Å². The molecule has 0 aromatic carbocycles. The highest BCUT2D eigenvalue weighted by Gasteiger charge is 2.62. The maximum absolute atomic E-state index is 11.1. The number of allylic oxidation sites excluding steroid dienone is 1. The number of fused-ring (bicyclic) bond motifs is 5. The number of hydrogen-bond acceptors (Lipinski definition) is 2. The normalized spacial score (nSPS) is 47.8. The van der Waals surface area contributed by atoms with Crippen molar-refractivity contribution < 1.29 is 9.53 Å². The molecule has 3 fully saturated rings. The van der Waals surface area contributed by atoms with Crippen LogP contribution in [0.1, 0.15) is 92.9 Å². The second-order valence-electron chi connectivity index (χ2n) is 13.3. The molecule has 0 heterocycles. The molecule has 0 amide bonds. The summed E-state index contributed by atoms with van der Waals surface area (Å²) in [4.78, 5) is 0.